The number of sulfonamides is 1. The van der Waals surface area contributed by atoms with Crippen LogP contribution in [0.25, 0.3) is 0 Å². The van der Waals surface area contributed by atoms with E-state index in [9.17, 15) is 13.5 Å². The smallest absolute Gasteiger partial charge is 0.263 e. The Balaban J connectivity index is 2.11. The van der Waals surface area contributed by atoms with Gasteiger partial charge < -0.3 is 15.5 Å². The fourth-order valence-corrected chi connectivity index (χ4v) is 3.01. The summed E-state index contributed by atoms with van der Waals surface area (Å²) in [6.45, 7) is 3.27. The van der Waals surface area contributed by atoms with E-state index in [1.807, 2.05) is 0 Å². The van der Waals surface area contributed by atoms with Gasteiger partial charge in [-0.2, -0.15) is 0 Å². The molecule has 0 bridgehead atoms. The van der Waals surface area contributed by atoms with Gasteiger partial charge in [-0.25, -0.2) is 18.4 Å². The van der Waals surface area contributed by atoms with Gasteiger partial charge in [0.1, 0.15) is 11.6 Å². The summed E-state index contributed by atoms with van der Waals surface area (Å²) in [5, 5.41) is 20.9. The van der Waals surface area contributed by atoms with E-state index in [1.165, 1.54) is 12.1 Å². The van der Waals surface area contributed by atoms with Gasteiger partial charge in [-0.15, -0.1) is 0 Å². The maximum Gasteiger partial charge on any atom is 0.263 e. The Kier molecular flexibility index (Phi) is 5.71. The lowest BCUT2D eigenvalue weighted by atomic mass is 10.3. The Hall–Kier alpha value is -2.23. The van der Waals surface area contributed by atoms with Crippen LogP contribution in [0.5, 0.6) is 0 Å². The van der Waals surface area contributed by atoms with Crippen molar-refractivity contribution in [3.8, 4) is 0 Å². The maximum absolute atomic E-state index is 12.4. The number of aromatic nitrogens is 2. The highest BCUT2D eigenvalue weighted by Gasteiger charge is 2.15. The van der Waals surface area contributed by atoms with Crippen LogP contribution in [0.15, 0.2) is 35.2 Å². The molecule has 1 heterocycles. The maximum atomic E-state index is 12.4. The van der Waals surface area contributed by atoms with Crippen molar-refractivity contribution in [3.05, 3.63) is 41.9 Å². The third kappa shape index (κ3) is 4.88. The highest BCUT2D eigenvalue weighted by atomic mass is 32.2. The Bertz CT molecular complexity index is 773. The molecule has 2 aromatic rings. The molecule has 0 aliphatic carbocycles. The predicted molar refractivity (Wildman–Crippen MR) is 90.3 cm³/mol. The highest BCUT2D eigenvalue weighted by molar-refractivity contribution is 7.92. The van der Waals surface area contributed by atoms with Gasteiger partial charge in [0.15, 0.2) is 0 Å². The van der Waals surface area contributed by atoms with Crippen molar-refractivity contribution in [1.82, 2.24) is 9.97 Å². The van der Waals surface area contributed by atoms with Crippen LogP contribution < -0.4 is 10.0 Å². The molecule has 0 radical (unpaired) electrons. The fourth-order valence-electron chi connectivity index (χ4n) is 2.02. The molecule has 0 amide bonds. The van der Waals surface area contributed by atoms with Crippen LogP contribution in [0, 0.1) is 13.8 Å². The molecule has 1 aromatic carbocycles. The standard InChI is InChI=1S/C15H20N4O4S/c1-10-7-15(18-11(2)17-10)19-24(22,23)14-5-3-12(4-6-14)16-8-13(21)9-20/h3-7,13,16,20-21H,8-9H2,1-2H3,(H,17,18,19). The summed E-state index contributed by atoms with van der Waals surface area (Å²) in [6.07, 6.45) is -0.876. The summed E-state index contributed by atoms with van der Waals surface area (Å²) >= 11 is 0. The first-order valence-electron chi connectivity index (χ1n) is 7.28. The Morgan fingerprint density at radius 1 is 1.17 bits per heavy atom. The third-order valence-electron chi connectivity index (χ3n) is 3.12. The molecule has 9 heteroatoms. The second-order valence-electron chi connectivity index (χ2n) is 5.29. The lowest BCUT2D eigenvalue weighted by Crippen LogP contribution is -2.22. The molecule has 0 saturated heterocycles. The first-order valence-corrected chi connectivity index (χ1v) is 8.76. The molecule has 8 nitrogen and oxygen atoms in total. The van der Waals surface area contributed by atoms with E-state index in [4.69, 9.17) is 5.11 Å². The number of nitrogens with one attached hydrogen (secondary N) is 2. The minimum atomic E-state index is -3.76. The van der Waals surface area contributed by atoms with E-state index in [0.717, 1.165) is 0 Å². The first kappa shape index (κ1) is 18.1. The van der Waals surface area contributed by atoms with Gasteiger partial charge >= 0.3 is 0 Å². The summed E-state index contributed by atoms with van der Waals surface area (Å²) in [5.74, 6) is 0.697. The average Bonchev–Trinajstić information content (AvgIpc) is 2.51. The topological polar surface area (TPSA) is 124 Å². The Morgan fingerprint density at radius 2 is 1.83 bits per heavy atom. The summed E-state index contributed by atoms with van der Waals surface area (Å²) in [6, 6.07) is 7.59. The second kappa shape index (κ2) is 7.56. The van der Waals surface area contributed by atoms with Crippen molar-refractivity contribution < 1.29 is 18.6 Å². The van der Waals surface area contributed by atoms with Crippen molar-refractivity contribution >= 4 is 21.5 Å². The minimum absolute atomic E-state index is 0.0877. The monoisotopic (exact) mass is 352 g/mol. The lowest BCUT2D eigenvalue weighted by Gasteiger charge is -2.11. The zero-order valence-electron chi connectivity index (χ0n) is 13.4. The summed E-state index contributed by atoms with van der Waals surface area (Å²) < 4.78 is 27.2. The number of aryl methyl sites for hydroxylation is 2. The van der Waals surface area contributed by atoms with Crippen LogP contribution in [0.3, 0.4) is 0 Å². The molecule has 130 valence electrons. The van der Waals surface area contributed by atoms with Crippen molar-refractivity contribution in [2.45, 2.75) is 24.8 Å². The second-order valence-corrected chi connectivity index (χ2v) is 6.97. The fraction of sp³-hybridized carbons (Fsp3) is 0.333. The number of aliphatic hydroxyl groups is 2. The van der Waals surface area contributed by atoms with Gasteiger partial charge in [-0.05, 0) is 38.1 Å². The van der Waals surface area contributed by atoms with E-state index in [1.54, 1.807) is 32.0 Å². The largest absolute Gasteiger partial charge is 0.394 e. The minimum Gasteiger partial charge on any atom is -0.394 e. The molecule has 0 aliphatic rings. The van der Waals surface area contributed by atoms with Crippen LogP contribution in [-0.2, 0) is 10.0 Å². The summed E-state index contributed by atoms with van der Waals surface area (Å²) in [7, 11) is -3.76. The third-order valence-corrected chi connectivity index (χ3v) is 4.49. The molecular weight excluding hydrogens is 332 g/mol. The number of anilines is 2. The average molecular weight is 352 g/mol. The number of rotatable bonds is 7. The SMILES string of the molecule is Cc1cc(NS(=O)(=O)c2ccc(NCC(O)CO)cc2)nc(C)n1. The number of benzene rings is 1. The number of nitrogens with zero attached hydrogens (tertiary/aromatic N) is 2. The molecular formula is C15H20N4O4S. The molecule has 24 heavy (non-hydrogen) atoms. The van der Waals surface area contributed by atoms with E-state index < -0.39 is 16.1 Å². The van der Waals surface area contributed by atoms with Crippen LogP contribution >= 0.6 is 0 Å². The molecule has 4 N–H and O–H groups in total. The van der Waals surface area contributed by atoms with Crippen molar-refractivity contribution in [2.24, 2.45) is 0 Å². The summed E-state index contributed by atoms with van der Waals surface area (Å²) in [5.41, 5.74) is 1.30. The van der Waals surface area contributed by atoms with Crippen LogP contribution in [0.1, 0.15) is 11.5 Å². The van der Waals surface area contributed by atoms with E-state index in [0.29, 0.717) is 17.2 Å². The molecule has 2 rings (SSSR count). The Labute approximate surface area is 140 Å². The number of aliphatic hydroxyl groups excluding tert-OH is 2. The highest BCUT2D eigenvalue weighted by Crippen LogP contribution is 2.17. The van der Waals surface area contributed by atoms with E-state index in [2.05, 4.69) is 20.0 Å². The van der Waals surface area contributed by atoms with Gasteiger partial charge in [0.2, 0.25) is 0 Å². The molecule has 0 aliphatic heterocycles. The van der Waals surface area contributed by atoms with Crippen molar-refractivity contribution in [1.29, 1.82) is 0 Å². The van der Waals surface area contributed by atoms with Gasteiger partial charge in [-0.3, -0.25) is 4.72 Å². The Morgan fingerprint density at radius 3 is 2.42 bits per heavy atom. The van der Waals surface area contributed by atoms with Crippen molar-refractivity contribution in [2.75, 3.05) is 23.2 Å². The molecule has 0 spiro atoms. The number of hydrogen-bond acceptors (Lipinski definition) is 7. The van der Waals surface area contributed by atoms with Crippen LogP contribution in [-0.4, -0.2) is 47.9 Å². The van der Waals surface area contributed by atoms with Gasteiger partial charge in [0.25, 0.3) is 10.0 Å². The summed E-state index contributed by atoms with van der Waals surface area (Å²) in [4.78, 5) is 8.24. The first-order chi connectivity index (χ1) is 11.3. The molecule has 1 atom stereocenters. The van der Waals surface area contributed by atoms with Crippen LogP contribution in [0.2, 0.25) is 0 Å². The number of hydrogen-bond donors (Lipinski definition) is 4. The van der Waals surface area contributed by atoms with Gasteiger partial charge in [0, 0.05) is 24.0 Å². The normalized spacial score (nSPS) is 12.7. The zero-order valence-corrected chi connectivity index (χ0v) is 14.2. The molecule has 0 saturated carbocycles. The van der Waals surface area contributed by atoms with Gasteiger partial charge in [0.05, 0.1) is 17.6 Å². The van der Waals surface area contributed by atoms with E-state index >= 15 is 0 Å². The van der Waals surface area contributed by atoms with E-state index in [-0.39, 0.29) is 23.9 Å². The molecule has 1 unspecified atom stereocenters. The predicted octanol–water partition coefficient (Wildman–Crippen LogP) is 0.659. The lowest BCUT2D eigenvalue weighted by molar-refractivity contribution is 0.105. The quantitative estimate of drug-likeness (QED) is 0.577. The molecule has 1 aromatic heterocycles. The van der Waals surface area contributed by atoms with Crippen molar-refractivity contribution in [3.63, 3.8) is 0 Å². The van der Waals surface area contributed by atoms with Crippen LogP contribution in [0.4, 0.5) is 11.5 Å². The molecule has 0 fully saturated rings. The zero-order chi connectivity index (χ0) is 17.7. The van der Waals surface area contributed by atoms with Gasteiger partial charge in [-0.1, -0.05) is 0 Å².